The van der Waals surface area contributed by atoms with Crippen LogP contribution in [-0.2, 0) is 9.53 Å². The van der Waals surface area contributed by atoms with Crippen LogP contribution in [0.5, 0.6) is 5.75 Å². The first kappa shape index (κ1) is 10.8. The zero-order valence-corrected chi connectivity index (χ0v) is 9.25. The van der Waals surface area contributed by atoms with Crippen LogP contribution in [0.1, 0.15) is 6.92 Å². The molecular formula is C10H9ClN2O3. The van der Waals surface area contributed by atoms with Crippen LogP contribution >= 0.6 is 11.6 Å². The van der Waals surface area contributed by atoms with Gasteiger partial charge in [-0.3, -0.25) is 0 Å². The number of benzene rings is 1. The van der Waals surface area contributed by atoms with Crippen molar-refractivity contribution in [3.8, 4) is 5.75 Å². The van der Waals surface area contributed by atoms with Gasteiger partial charge in [0, 0.05) is 11.1 Å². The molecule has 1 N–H and O–H groups in total. The summed E-state index contributed by atoms with van der Waals surface area (Å²) in [5.74, 6) is -0.0553. The van der Waals surface area contributed by atoms with Crippen LogP contribution in [0.25, 0.3) is 0 Å². The van der Waals surface area contributed by atoms with Crippen LogP contribution in [0.4, 0.5) is 5.69 Å². The van der Waals surface area contributed by atoms with E-state index in [1.165, 1.54) is 0 Å². The number of esters is 1. The fourth-order valence-electron chi connectivity index (χ4n) is 1.20. The average molecular weight is 241 g/mol. The van der Waals surface area contributed by atoms with Crippen molar-refractivity contribution in [1.82, 2.24) is 5.48 Å². The molecule has 1 aliphatic heterocycles. The van der Waals surface area contributed by atoms with Gasteiger partial charge in [0.2, 0.25) is 5.84 Å². The molecule has 1 aliphatic rings. The Hall–Kier alpha value is -1.75. The molecule has 84 valence electrons. The Bertz CT molecular complexity index is 459. The van der Waals surface area contributed by atoms with Gasteiger partial charge in [-0.1, -0.05) is 11.6 Å². The van der Waals surface area contributed by atoms with Crippen LogP contribution in [0.2, 0.25) is 5.02 Å². The lowest BCUT2D eigenvalue weighted by Gasteiger charge is -2.16. The van der Waals surface area contributed by atoms with Gasteiger partial charge in [0.15, 0.2) is 5.75 Å². The molecule has 0 atom stereocenters. The number of fused-ring (bicyclic) bond motifs is 1. The number of hydrogen-bond acceptors (Lipinski definition) is 5. The van der Waals surface area contributed by atoms with E-state index in [2.05, 4.69) is 10.5 Å². The number of nitrogens with zero attached hydrogens (tertiary/aromatic N) is 1. The minimum Gasteiger partial charge on any atom is -0.460 e. The molecule has 0 amide bonds. The Morgan fingerprint density at radius 2 is 2.44 bits per heavy atom. The summed E-state index contributed by atoms with van der Waals surface area (Å²) >= 11 is 5.78. The highest BCUT2D eigenvalue weighted by atomic mass is 35.5. The number of carbonyl (C=O) groups excluding carboxylic acids is 1. The lowest BCUT2D eigenvalue weighted by Crippen LogP contribution is -2.37. The third kappa shape index (κ3) is 2.09. The number of ether oxygens (including phenoxy) is 1. The fourth-order valence-corrected chi connectivity index (χ4v) is 1.36. The first-order chi connectivity index (χ1) is 7.70. The third-order valence-electron chi connectivity index (χ3n) is 1.88. The predicted octanol–water partition coefficient (Wildman–Crippen LogP) is 1.83. The van der Waals surface area contributed by atoms with Gasteiger partial charge < -0.3 is 9.57 Å². The van der Waals surface area contributed by atoms with E-state index in [-0.39, 0.29) is 12.4 Å². The van der Waals surface area contributed by atoms with Crippen molar-refractivity contribution in [1.29, 1.82) is 0 Å². The van der Waals surface area contributed by atoms with Crippen molar-refractivity contribution in [2.24, 2.45) is 4.99 Å². The van der Waals surface area contributed by atoms with Crippen molar-refractivity contribution in [2.45, 2.75) is 6.92 Å². The topological polar surface area (TPSA) is 59.9 Å². The van der Waals surface area contributed by atoms with E-state index < -0.39 is 5.97 Å². The van der Waals surface area contributed by atoms with E-state index >= 15 is 0 Å². The lowest BCUT2D eigenvalue weighted by atomic mass is 10.3. The molecule has 0 saturated carbocycles. The van der Waals surface area contributed by atoms with E-state index in [0.717, 1.165) is 0 Å². The third-order valence-corrected chi connectivity index (χ3v) is 2.12. The van der Waals surface area contributed by atoms with Crippen LogP contribution in [0.3, 0.4) is 0 Å². The maximum atomic E-state index is 11.4. The number of hydrogen-bond donors (Lipinski definition) is 1. The number of aliphatic imine (C=N–C) groups is 1. The highest BCUT2D eigenvalue weighted by molar-refractivity contribution is 6.36. The molecule has 16 heavy (non-hydrogen) atoms. The van der Waals surface area contributed by atoms with Crippen LogP contribution in [-0.4, -0.2) is 18.4 Å². The molecule has 1 aromatic rings. The number of amidine groups is 1. The standard InChI is InChI=1S/C10H9ClN2O3/c1-2-15-10(14)9-12-7-4-3-6(11)5-8(7)16-13-9/h3-5H,2H2,1H3,(H,12,13). The second kappa shape index (κ2) is 4.40. The second-order valence-corrected chi connectivity index (χ2v) is 3.43. The van der Waals surface area contributed by atoms with Gasteiger partial charge in [-0.05, 0) is 19.1 Å². The van der Waals surface area contributed by atoms with E-state index in [1.807, 2.05) is 0 Å². The first-order valence-corrected chi connectivity index (χ1v) is 5.06. The van der Waals surface area contributed by atoms with E-state index in [0.29, 0.717) is 16.5 Å². The Morgan fingerprint density at radius 1 is 1.62 bits per heavy atom. The monoisotopic (exact) mass is 240 g/mol. The van der Waals surface area contributed by atoms with E-state index in [9.17, 15) is 4.79 Å². The smallest absolute Gasteiger partial charge is 0.377 e. The van der Waals surface area contributed by atoms with E-state index in [1.54, 1.807) is 25.1 Å². The van der Waals surface area contributed by atoms with Crippen molar-refractivity contribution in [3.63, 3.8) is 0 Å². The molecule has 0 spiro atoms. The minimum absolute atomic E-state index is 0.0247. The van der Waals surface area contributed by atoms with Gasteiger partial charge in [0.1, 0.15) is 5.69 Å². The van der Waals surface area contributed by atoms with Crippen LogP contribution in [0, 0.1) is 0 Å². The van der Waals surface area contributed by atoms with Crippen LogP contribution < -0.4 is 10.3 Å². The maximum Gasteiger partial charge on any atom is 0.377 e. The van der Waals surface area contributed by atoms with Gasteiger partial charge in [-0.2, -0.15) is 5.48 Å². The Balaban J connectivity index is 2.28. The predicted molar refractivity (Wildman–Crippen MR) is 58.9 cm³/mol. The zero-order chi connectivity index (χ0) is 11.5. The van der Waals surface area contributed by atoms with Gasteiger partial charge in [0.05, 0.1) is 6.61 Å². The molecule has 0 fully saturated rings. The normalized spacial score (nSPS) is 13.0. The summed E-state index contributed by atoms with van der Waals surface area (Å²) in [7, 11) is 0. The SMILES string of the molecule is CCOC(=O)C1=Nc2ccc(Cl)cc2ON1. The molecule has 6 heteroatoms. The fraction of sp³-hybridized carbons (Fsp3) is 0.200. The van der Waals surface area contributed by atoms with Crippen molar-refractivity contribution >= 4 is 29.1 Å². The summed E-state index contributed by atoms with van der Waals surface area (Å²) in [5.41, 5.74) is 2.94. The number of halogens is 1. The van der Waals surface area contributed by atoms with E-state index in [4.69, 9.17) is 21.2 Å². The molecule has 0 radical (unpaired) electrons. The number of nitrogens with one attached hydrogen (secondary N) is 1. The molecule has 0 saturated heterocycles. The Labute approximate surface area is 97.0 Å². The number of carbonyl (C=O) groups is 1. The van der Waals surface area contributed by atoms with Crippen molar-refractivity contribution in [2.75, 3.05) is 6.61 Å². The first-order valence-electron chi connectivity index (χ1n) is 4.69. The Kier molecular flexibility index (Phi) is 2.96. The zero-order valence-electron chi connectivity index (χ0n) is 8.49. The second-order valence-electron chi connectivity index (χ2n) is 3.00. The molecule has 0 unspecified atom stereocenters. The molecular weight excluding hydrogens is 232 g/mol. The largest absolute Gasteiger partial charge is 0.460 e. The van der Waals surface area contributed by atoms with Crippen LogP contribution in [0.15, 0.2) is 23.2 Å². The molecule has 1 aromatic carbocycles. The molecule has 0 aliphatic carbocycles. The Morgan fingerprint density at radius 3 is 3.19 bits per heavy atom. The summed E-state index contributed by atoms with van der Waals surface area (Å²) in [4.78, 5) is 20.5. The van der Waals surface area contributed by atoms with Crippen molar-refractivity contribution < 1.29 is 14.4 Å². The summed E-state index contributed by atoms with van der Waals surface area (Å²) in [6.07, 6.45) is 0. The highest BCUT2D eigenvalue weighted by Gasteiger charge is 2.19. The van der Waals surface area contributed by atoms with Gasteiger partial charge >= 0.3 is 5.97 Å². The number of hydroxylamine groups is 1. The van der Waals surface area contributed by atoms with Gasteiger partial charge in [0.25, 0.3) is 0 Å². The number of rotatable bonds is 2. The van der Waals surface area contributed by atoms with Gasteiger partial charge in [-0.25, -0.2) is 9.79 Å². The van der Waals surface area contributed by atoms with Gasteiger partial charge in [-0.15, -0.1) is 0 Å². The molecule has 5 nitrogen and oxygen atoms in total. The highest BCUT2D eigenvalue weighted by Crippen LogP contribution is 2.31. The summed E-state index contributed by atoms with van der Waals surface area (Å²) < 4.78 is 4.78. The average Bonchev–Trinajstić information content (AvgIpc) is 2.28. The molecule has 2 rings (SSSR count). The summed E-state index contributed by atoms with van der Waals surface area (Å²) in [6.45, 7) is 2.00. The van der Waals surface area contributed by atoms with Crippen molar-refractivity contribution in [3.05, 3.63) is 23.2 Å². The summed E-state index contributed by atoms with van der Waals surface area (Å²) in [6, 6.07) is 4.94. The minimum atomic E-state index is -0.553. The quantitative estimate of drug-likeness (QED) is 0.802. The molecule has 0 bridgehead atoms. The maximum absolute atomic E-state index is 11.4. The molecule has 0 aromatic heterocycles. The molecule has 1 heterocycles. The summed E-state index contributed by atoms with van der Waals surface area (Å²) in [5, 5.41) is 0.537. The lowest BCUT2D eigenvalue weighted by molar-refractivity contribution is -0.135.